The van der Waals surface area contributed by atoms with Gasteiger partial charge in [-0.3, -0.25) is 9.69 Å². The van der Waals surface area contributed by atoms with E-state index in [1.807, 2.05) is 23.1 Å². The second-order valence-electron chi connectivity index (χ2n) is 7.07. The molecule has 1 fully saturated rings. The van der Waals surface area contributed by atoms with E-state index in [1.54, 1.807) is 11.8 Å². The zero-order valence-electron chi connectivity index (χ0n) is 15.7. The summed E-state index contributed by atoms with van der Waals surface area (Å²) in [6.45, 7) is 8.90. The standard InChI is InChI=1S/C22H28N2OS/c1-18(2)26-21-12-7-6-11-20(21)22(25)24-14-8-13-23(15-16-24)17-19-9-4-3-5-10-19/h3-7,9-12,18H,8,13-17H2,1-2H3. The number of thioether (sulfide) groups is 1. The number of hydrogen-bond acceptors (Lipinski definition) is 3. The summed E-state index contributed by atoms with van der Waals surface area (Å²) in [7, 11) is 0. The number of amides is 1. The predicted octanol–water partition coefficient (Wildman–Crippen LogP) is 4.54. The Bertz CT molecular complexity index is 717. The quantitative estimate of drug-likeness (QED) is 0.724. The van der Waals surface area contributed by atoms with Crippen LogP contribution in [0.4, 0.5) is 0 Å². The van der Waals surface area contributed by atoms with E-state index in [-0.39, 0.29) is 5.91 Å². The van der Waals surface area contributed by atoms with Crippen LogP contribution >= 0.6 is 11.8 Å². The molecule has 0 N–H and O–H groups in total. The zero-order valence-corrected chi connectivity index (χ0v) is 16.5. The first-order chi connectivity index (χ1) is 12.6. The van der Waals surface area contributed by atoms with Gasteiger partial charge in [0, 0.05) is 42.9 Å². The second-order valence-corrected chi connectivity index (χ2v) is 8.69. The molecule has 138 valence electrons. The maximum absolute atomic E-state index is 13.1. The lowest BCUT2D eigenvalue weighted by atomic mass is 10.2. The fraction of sp³-hybridized carbons (Fsp3) is 0.409. The maximum Gasteiger partial charge on any atom is 0.255 e. The third-order valence-electron chi connectivity index (χ3n) is 4.60. The molecular formula is C22H28N2OS. The lowest BCUT2D eigenvalue weighted by Gasteiger charge is -2.23. The molecular weight excluding hydrogens is 340 g/mol. The van der Waals surface area contributed by atoms with Gasteiger partial charge in [0.2, 0.25) is 0 Å². The summed E-state index contributed by atoms with van der Waals surface area (Å²) >= 11 is 1.77. The first-order valence-electron chi connectivity index (χ1n) is 9.44. The van der Waals surface area contributed by atoms with E-state index in [9.17, 15) is 4.79 Å². The Morgan fingerprint density at radius 3 is 2.46 bits per heavy atom. The van der Waals surface area contributed by atoms with Crippen molar-refractivity contribution in [2.75, 3.05) is 26.2 Å². The first kappa shape index (κ1) is 19.0. The minimum Gasteiger partial charge on any atom is -0.337 e. The minimum absolute atomic E-state index is 0.176. The Balaban J connectivity index is 1.65. The summed E-state index contributed by atoms with van der Waals surface area (Å²) in [5.41, 5.74) is 2.19. The molecule has 1 amide bonds. The number of rotatable bonds is 5. The highest BCUT2D eigenvalue weighted by molar-refractivity contribution is 8.00. The van der Waals surface area contributed by atoms with Crippen molar-refractivity contribution in [1.82, 2.24) is 9.80 Å². The van der Waals surface area contributed by atoms with Crippen LogP contribution in [0.3, 0.4) is 0 Å². The van der Waals surface area contributed by atoms with Gasteiger partial charge in [-0.1, -0.05) is 56.3 Å². The van der Waals surface area contributed by atoms with Gasteiger partial charge in [-0.2, -0.15) is 0 Å². The van der Waals surface area contributed by atoms with Crippen molar-refractivity contribution in [2.24, 2.45) is 0 Å². The molecule has 0 radical (unpaired) electrons. The van der Waals surface area contributed by atoms with Gasteiger partial charge in [0.1, 0.15) is 0 Å². The summed E-state index contributed by atoms with van der Waals surface area (Å²) in [5, 5.41) is 0.467. The molecule has 0 unspecified atom stereocenters. The highest BCUT2D eigenvalue weighted by Gasteiger charge is 2.22. The largest absolute Gasteiger partial charge is 0.337 e. The lowest BCUT2D eigenvalue weighted by Crippen LogP contribution is -2.35. The van der Waals surface area contributed by atoms with Crippen LogP contribution in [0.2, 0.25) is 0 Å². The average Bonchev–Trinajstić information content (AvgIpc) is 2.88. The van der Waals surface area contributed by atoms with E-state index in [0.29, 0.717) is 5.25 Å². The third-order valence-corrected chi connectivity index (χ3v) is 5.69. The van der Waals surface area contributed by atoms with Crippen LogP contribution in [0, 0.1) is 0 Å². The zero-order chi connectivity index (χ0) is 18.4. The lowest BCUT2D eigenvalue weighted by molar-refractivity contribution is 0.0757. The smallest absolute Gasteiger partial charge is 0.255 e. The second kappa shape index (κ2) is 9.24. The highest BCUT2D eigenvalue weighted by atomic mass is 32.2. The normalized spacial score (nSPS) is 15.9. The molecule has 1 heterocycles. The van der Waals surface area contributed by atoms with Gasteiger partial charge in [-0.25, -0.2) is 0 Å². The Morgan fingerprint density at radius 2 is 1.69 bits per heavy atom. The van der Waals surface area contributed by atoms with Crippen LogP contribution in [0.1, 0.15) is 36.2 Å². The first-order valence-corrected chi connectivity index (χ1v) is 10.3. The molecule has 0 aliphatic carbocycles. The summed E-state index contributed by atoms with van der Waals surface area (Å²) in [4.78, 5) is 18.7. The molecule has 0 atom stereocenters. The van der Waals surface area contributed by atoms with Crippen molar-refractivity contribution in [3.05, 3.63) is 65.7 Å². The minimum atomic E-state index is 0.176. The van der Waals surface area contributed by atoms with E-state index >= 15 is 0 Å². The predicted molar refractivity (Wildman–Crippen MR) is 110 cm³/mol. The third kappa shape index (κ3) is 5.12. The average molecular weight is 369 g/mol. The van der Waals surface area contributed by atoms with E-state index in [2.05, 4.69) is 55.1 Å². The topological polar surface area (TPSA) is 23.6 Å². The van der Waals surface area contributed by atoms with E-state index in [0.717, 1.165) is 49.6 Å². The van der Waals surface area contributed by atoms with Gasteiger partial charge in [0.25, 0.3) is 5.91 Å². The number of benzene rings is 2. The van der Waals surface area contributed by atoms with Gasteiger partial charge < -0.3 is 4.90 Å². The molecule has 1 aliphatic heterocycles. The Labute approximate surface area is 161 Å². The van der Waals surface area contributed by atoms with Crippen LogP contribution in [-0.2, 0) is 6.54 Å². The fourth-order valence-electron chi connectivity index (χ4n) is 3.34. The van der Waals surface area contributed by atoms with Crippen molar-refractivity contribution < 1.29 is 4.79 Å². The van der Waals surface area contributed by atoms with Crippen molar-refractivity contribution in [3.63, 3.8) is 0 Å². The molecule has 1 aliphatic rings. The van der Waals surface area contributed by atoms with E-state index in [4.69, 9.17) is 0 Å². The SMILES string of the molecule is CC(C)Sc1ccccc1C(=O)N1CCCN(Cc2ccccc2)CC1. The number of carbonyl (C=O) groups is 1. The summed E-state index contributed by atoms with van der Waals surface area (Å²) in [6, 6.07) is 18.6. The number of nitrogens with zero attached hydrogens (tertiary/aromatic N) is 2. The molecule has 3 nitrogen and oxygen atoms in total. The fourth-order valence-corrected chi connectivity index (χ4v) is 4.29. The van der Waals surface area contributed by atoms with Crippen LogP contribution < -0.4 is 0 Å². The molecule has 0 aromatic heterocycles. The molecule has 2 aromatic rings. The highest BCUT2D eigenvalue weighted by Crippen LogP contribution is 2.27. The van der Waals surface area contributed by atoms with Crippen LogP contribution in [0.25, 0.3) is 0 Å². The van der Waals surface area contributed by atoms with Crippen LogP contribution in [0.5, 0.6) is 0 Å². The van der Waals surface area contributed by atoms with Gasteiger partial charge in [-0.05, 0) is 24.1 Å². The van der Waals surface area contributed by atoms with Gasteiger partial charge in [-0.15, -0.1) is 11.8 Å². The van der Waals surface area contributed by atoms with Crippen molar-refractivity contribution in [3.8, 4) is 0 Å². The van der Waals surface area contributed by atoms with Gasteiger partial charge >= 0.3 is 0 Å². The van der Waals surface area contributed by atoms with Crippen molar-refractivity contribution in [1.29, 1.82) is 0 Å². The summed E-state index contributed by atoms with van der Waals surface area (Å²) in [5.74, 6) is 0.176. The summed E-state index contributed by atoms with van der Waals surface area (Å²) < 4.78 is 0. The molecule has 3 rings (SSSR count). The molecule has 0 saturated carbocycles. The monoisotopic (exact) mass is 368 g/mol. The molecule has 4 heteroatoms. The molecule has 26 heavy (non-hydrogen) atoms. The number of carbonyl (C=O) groups excluding carboxylic acids is 1. The van der Waals surface area contributed by atoms with Crippen LogP contribution in [0.15, 0.2) is 59.5 Å². The Kier molecular flexibility index (Phi) is 6.75. The maximum atomic E-state index is 13.1. The molecule has 2 aromatic carbocycles. The van der Waals surface area contributed by atoms with E-state index in [1.165, 1.54) is 5.56 Å². The van der Waals surface area contributed by atoms with Gasteiger partial charge in [0.05, 0.1) is 5.56 Å². The Hall–Kier alpha value is -1.78. The van der Waals surface area contributed by atoms with Crippen molar-refractivity contribution >= 4 is 17.7 Å². The van der Waals surface area contributed by atoms with E-state index < -0.39 is 0 Å². The summed E-state index contributed by atoms with van der Waals surface area (Å²) in [6.07, 6.45) is 1.03. The number of hydrogen-bond donors (Lipinski definition) is 0. The van der Waals surface area contributed by atoms with Gasteiger partial charge in [0.15, 0.2) is 0 Å². The van der Waals surface area contributed by atoms with Crippen LogP contribution in [-0.4, -0.2) is 47.1 Å². The Morgan fingerprint density at radius 1 is 0.962 bits per heavy atom. The molecule has 0 spiro atoms. The molecule has 0 bridgehead atoms. The van der Waals surface area contributed by atoms with Crippen molar-refractivity contribution in [2.45, 2.75) is 37.0 Å². The molecule has 1 saturated heterocycles.